The fraction of sp³-hybridized carbons (Fsp3) is 0.250. The SMILES string of the molecule is COC(=O)C1=C(C)NC(c2ncc(F)cc2F)=NC1(C)c1ccc(F)c(C)c1. The van der Waals surface area contributed by atoms with Crippen molar-refractivity contribution >= 4 is 11.8 Å². The molecule has 1 aliphatic rings. The lowest BCUT2D eigenvalue weighted by atomic mass is 9.81. The molecule has 0 saturated heterocycles. The van der Waals surface area contributed by atoms with Crippen LogP contribution in [0.4, 0.5) is 13.2 Å². The van der Waals surface area contributed by atoms with Crippen LogP contribution in [-0.2, 0) is 15.1 Å². The quantitative estimate of drug-likeness (QED) is 0.816. The van der Waals surface area contributed by atoms with Gasteiger partial charge in [-0.2, -0.15) is 0 Å². The van der Waals surface area contributed by atoms with Gasteiger partial charge in [0.15, 0.2) is 11.7 Å². The van der Waals surface area contributed by atoms with Crippen molar-refractivity contribution in [2.24, 2.45) is 4.99 Å². The zero-order valence-corrected chi connectivity index (χ0v) is 15.7. The maximum Gasteiger partial charge on any atom is 0.338 e. The summed E-state index contributed by atoms with van der Waals surface area (Å²) in [5.74, 6) is -2.75. The first-order valence-electron chi connectivity index (χ1n) is 8.42. The predicted octanol–water partition coefficient (Wildman–Crippen LogP) is 3.52. The number of methoxy groups -OCH3 is 1. The molecule has 2 aromatic rings. The standard InChI is InChI=1S/C20H18F3N3O2/c1-10-7-12(5-6-14(10)22)20(3)16(19(27)28-4)11(2)25-18(26-20)17-15(23)8-13(21)9-24-17/h5-9H,1-4H3,(H,25,26). The number of pyridine rings is 1. The average Bonchev–Trinajstić information content (AvgIpc) is 2.63. The van der Waals surface area contributed by atoms with E-state index in [-0.39, 0.29) is 17.1 Å². The zero-order chi connectivity index (χ0) is 20.6. The fourth-order valence-corrected chi connectivity index (χ4v) is 3.22. The van der Waals surface area contributed by atoms with Gasteiger partial charge in [0.2, 0.25) is 0 Å². The first-order valence-corrected chi connectivity index (χ1v) is 8.42. The molecule has 1 aromatic carbocycles. The fourth-order valence-electron chi connectivity index (χ4n) is 3.22. The summed E-state index contributed by atoms with van der Waals surface area (Å²) in [5.41, 5.74) is -0.0814. The van der Waals surface area contributed by atoms with Crippen molar-refractivity contribution in [1.82, 2.24) is 10.3 Å². The molecule has 0 bridgehead atoms. The number of hydrogen-bond acceptors (Lipinski definition) is 5. The number of carbonyl (C=O) groups excluding carboxylic acids is 1. The van der Waals surface area contributed by atoms with Gasteiger partial charge >= 0.3 is 5.97 Å². The Kier molecular flexibility index (Phi) is 4.97. The average molecular weight is 389 g/mol. The molecule has 3 rings (SSSR count). The van der Waals surface area contributed by atoms with Crippen LogP contribution in [0.15, 0.2) is 46.7 Å². The third-order valence-electron chi connectivity index (χ3n) is 4.64. The third-order valence-corrected chi connectivity index (χ3v) is 4.64. The number of rotatable bonds is 3. The van der Waals surface area contributed by atoms with E-state index in [0.29, 0.717) is 22.9 Å². The van der Waals surface area contributed by atoms with Crippen LogP contribution in [-0.4, -0.2) is 23.9 Å². The minimum atomic E-state index is -1.31. The van der Waals surface area contributed by atoms with E-state index in [4.69, 9.17) is 4.74 Å². The van der Waals surface area contributed by atoms with Gasteiger partial charge in [0.1, 0.15) is 22.9 Å². The van der Waals surface area contributed by atoms with Gasteiger partial charge in [0.05, 0.1) is 18.9 Å². The normalized spacial score (nSPS) is 19.2. The minimum absolute atomic E-state index is 0.0205. The largest absolute Gasteiger partial charge is 0.466 e. The van der Waals surface area contributed by atoms with Crippen LogP contribution < -0.4 is 5.32 Å². The molecule has 1 aliphatic heterocycles. The maximum atomic E-state index is 14.3. The van der Waals surface area contributed by atoms with E-state index in [1.165, 1.54) is 19.2 Å². The van der Waals surface area contributed by atoms with Gasteiger partial charge in [-0.3, -0.25) is 0 Å². The summed E-state index contributed by atoms with van der Waals surface area (Å²) in [6.07, 6.45) is 0.872. The molecule has 8 heteroatoms. The molecule has 28 heavy (non-hydrogen) atoms. The van der Waals surface area contributed by atoms with Crippen molar-refractivity contribution in [3.63, 3.8) is 0 Å². The Morgan fingerprint density at radius 1 is 1.14 bits per heavy atom. The van der Waals surface area contributed by atoms with E-state index >= 15 is 0 Å². The van der Waals surface area contributed by atoms with Crippen LogP contribution in [0.25, 0.3) is 0 Å². The molecule has 0 spiro atoms. The number of esters is 1. The van der Waals surface area contributed by atoms with Crippen LogP contribution in [0, 0.1) is 24.4 Å². The van der Waals surface area contributed by atoms with Gasteiger partial charge in [-0.1, -0.05) is 12.1 Å². The molecule has 1 N–H and O–H groups in total. The first-order chi connectivity index (χ1) is 13.2. The Balaban J connectivity index is 2.24. The zero-order valence-electron chi connectivity index (χ0n) is 15.7. The minimum Gasteiger partial charge on any atom is -0.466 e. The lowest BCUT2D eigenvalue weighted by Crippen LogP contribution is -2.41. The topological polar surface area (TPSA) is 63.6 Å². The number of nitrogens with one attached hydrogen (secondary N) is 1. The Hall–Kier alpha value is -3.16. The summed E-state index contributed by atoms with van der Waals surface area (Å²) in [6, 6.07) is 5.03. The monoisotopic (exact) mass is 389 g/mol. The molecule has 146 valence electrons. The van der Waals surface area contributed by atoms with Crippen LogP contribution in [0.1, 0.15) is 30.7 Å². The van der Waals surface area contributed by atoms with Crippen molar-refractivity contribution < 1.29 is 22.7 Å². The van der Waals surface area contributed by atoms with E-state index in [1.54, 1.807) is 26.8 Å². The van der Waals surface area contributed by atoms with Crippen molar-refractivity contribution in [1.29, 1.82) is 0 Å². The Labute approximate surface area is 160 Å². The molecule has 1 aromatic heterocycles. The molecule has 1 unspecified atom stereocenters. The van der Waals surface area contributed by atoms with Crippen molar-refractivity contribution in [2.75, 3.05) is 7.11 Å². The number of allylic oxidation sites excluding steroid dienone is 1. The highest BCUT2D eigenvalue weighted by molar-refractivity contribution is 6.03. The van der Waals surface area contributed by atoms with Gasteiger partial charge in [-0.05, 0) is 38.0 Å². The molecular formula is C20H18F3N3O2. The van der Waals surface area contributed by atoms with Gasteiger partial charge in [0, 0.05) is 11.8 Å². The lowest BCUT2D eigenvalue weighted by Gasteiger charge is -2.34. The summed E-state index contributed by atoms with van der Waals surface area (Å²) in [6.45, 7) is 4.83. The molecule has 0 fully saturated rings. The summed E-state index contributed by atoms with van der Waals surface area (Å²) in [5, 5.41) is 2.84. The van der Waals surface area contributed by atoms with Crippen LogP contribution in [0.3, 0.4) is 0 Å². The van der Waals surface area contributed by atoms with Gasteiger partial charge in [-0.25, -0.2) is 27.9 Å². The highest BCUT2D eigenvalue weighted by Gasteiger charge is 2.41. The lowest BCUT2D eigenvalue weighted by molar-refractivity contribution is -0.137. The second-order valence-corrected chi connectivity index (χ2v) is 6.60. The van der Waals surface area contributed by atoms with Crippen LogP contribution in [0.2, 0.25) is 0 Å². The van der Waals surface area contributed by atoms with E-state index in [1.807, 2.05) is 0 Å². The highest BCUT2D eigenvalue weighted by atomic mass is 19.1. The number of carbonyl (C=O) groups is 1. The van der Waals surface area contributed by atoms with Crippen molar-refractivity contribution in [3.05, 3.63) is 76.0 Å². The molecule has 2 heterocycles. The summed E-state index contributed by atoms with van der Waals surface area (Å²) in [7, 11) is 1.24. The van der Waals surface area contributed by atoms with E-state index in [0.717, 1.165) is 6.20 Å². The summed E-state index contributed by atoms with van der Waals surface area (Å²) in [4.78, 5) is 20.8. The van der Waals surface area contributed by atoms with Crippen LogP contribution >= 0.6 is 0 Å². The van der Waals surface area contributed by atoms with E-state index < -0.39 is 29.0 Å². The molecule has 0 saturated carbocycles. The number of hydrogen-bond donors (Lipinski definition) is 1. The molecular weight excluding hydrogens is 371 g/mol. The van der Waals surface area contributed by atoms with E-state index in [2.05, 4.69) is 15.3 Å². The number of benzene rings is 1. The molecule has 0 aliphatic carbocycles. The van der Waals surface area contributed by atoms with Crippen LogP contribution in [0.5, 0.6) is 0 Å². The number of amidine groups is 1. The second-order valence-electron chi connectivity index (χ2n) is 6.60. The number of aliphatic imine (C=N–C) groups is 1. The maximum absolute atomic E-state index is 14.3. The van der Waals surface area contributed by atoms with Crippen molar-refractivity contribution in [3.8, 4) is 0 Å². The molecule has 0 amide bonds. The number of ether oxygens (including phenoxy) is 1. The third kappa shape index (κ3) is 3.26. The number of halogens is 3. The Bertz CT molecular complexity index is 1030. The molecule has 1 atom stereocenters. The smallest absolute Gasteiger partial charge is 0.338 e. The first kappa shape index (κ1) is 19.6. The predicted molar refractivity (Wildman–Crippen MR) is 97.0 cm³/mol. The Morgan fingerprint density at radius 2 is 1.86 bits per heavy atom. The van der Waals surface area contributed by atoms with E-state index in [9.17, 15) is 18.0 Å². The summed E-state index contributed by atoms with van der Waals surface area (Å²) >= 11 is 0. The number of aromatic nitrogens is 1. The van der Waals surface area contributed by atoms with Gasteiger partial charge < -0.3 is 10.1 Å². The number of aryl methyl sites for hydroxylation is 1. The van der Waals surface area contributed by atoms with Gasteiger partial charge in [0.25, 0.3) is 0 Å². The second kappa shape index (κ2) is 7.10. The summed E-state index contributed by atoms with van der Waals surface area (Å²) < 4.78 is 46.2. The van der Waals surface area contributed by atoms with Gasteiger partial charge in [-0.15, -0.1) is 0 Å². The highest BCUT2D eigenvalue weighted by Crippen LogP contribution is 2.39. The molecule has 5 nitrogen and oxygen atoms in total. The Morgan fingerprint density at radius 3 is 2.46 bits per heavy atom. The number of nitrogens with zero attached hydrogens (tertiary/aromatic N) is 2. The molecule has 0 radical (unpaired) electrons. The van der Waals surface area contributed by atoms with Crippen molar-refractivity contribution in [2.45, 2.75) is 26.3 Å².